The van der Waals surface area contributed by atoms with Gasteiger partial charge < -0.3 is 4.74 Å². The highest BCUT2D eigenvalue weighted by molar-refractivity contribution is 7.99. The number of aromatic nitrogens is 2. The van der Waals surface area contributed by atoms with Crippen molar-refractivity contribution in [2.45, 2.75) is 23.1 Å². The topological polar surface area (TPSA) is 35.0 Å². The minimum atomic E-state index is 0.658. The van der Waals surface area contributed by atoms with E-state index < -0.39 is 0 Å². The van der Waals surface area contributed by atoms with Crippen molar-refractivity contribution in [3.8, 4) is 0 Å². The van der Waals surface area contributed by atoms with Crippen molar-refractivity contribution in [3.05, 3.63) is 18.3 Å². The zero-order valence-corrected chi connectivity index (χ0v) is 8.17. The van der Waals surface area contributed by atoms with Crippen LogP contribution in [0, 0.1) is 0 Å². The van der Waals surface area contributed by atoms with Crippen LogP contribution in [0.15, 0.2) is 23.4 Å². The van der Waals surface area contributed by atoms with Crippen LogP contribution in [0.1, 0.15) is 12.8 Å². The second kappa shape index (κ2) is 4.58. The van der Waals surface area contributed by atoms with Crippen molar-refractivity contribution in [3.63, 3.8) is 0 Å². The quantitative estimate of drug-likeness (QED) is 0.721. The molecular weight excluding hydrogens is 184 g/mol. The number of ether oxygens (including phenoxy) is 1. The Balaban J connectivity index is 1.90. The Morgan fingerprint density at radius 1 is 1.38 bits per heavy atom. The van der Waals surface area contributed by atoms with Gasteiger partial charge >= 0.3 is 0 Å². The van der Waals surface area contributed by atoms with E-state index in [0.29, 0.717) is 5.25 Å². The summed E-state index contributed by atoms with van der Waals surface area (Å²) in [6.45, 7) is 1.77. The molecule has 1 aromatic rings. The lowest BCUT2D eigenvalue weighted by atomic mass is 10.2. The molecule has 2 heterocycles. The number of thioether (sulfide) groups is 1. The first-order valence-corrected chi connectivity index (χ1v) is 5.35. The molecule has 70 valence electrons. The fourth-order valence-corrected chi connectivity index (χ4v) is 2.34. The maximum absolute atomic E-state index is 5.29. The Kier molecular flexibility index (Phi) is 3.16. The first-order valence-electron chi connectivity index (χ1n) is 4.47. The van der Waals surface area contributed by atoms with Crippen LogP contribution in [0.3, 0.4) is 0 Å². The third kappa shape index (κ3) is 2.67. The van der Waals surface area contributed by atoms with Crippen molar-refractivity contribution in [1.82, 2.24) is 10.2 Å². The van der Waals surface area contributed by atoms with Crippen molar-refractivity contribution in [1.29, 1.82) is 0 Å². The summed E-state index contributed by atoms with van der Waals surface area (Å²) >= 11 is 1.81. The van der Waals surface area contributed by atoms with Crippen LogP contribution in [0.2, 0.25) is 0 Å². The third-order valence-electron chi connectivity index (χ3n) is 2.00. The van der Waals surface area contributed by atoms with Gasteiger partial charge in [-0.1, -0.05) is 0 Å². The zero-order valence-electron chi connectivity index (χ0n) is 7.35. The van der Waals surface area contributed by atoms with E-state index in [4.69, 9.17) is 4.74 Å². The summed E-state index contributed by atoms with van der Waals surface area (Å²) in [5, 5.41) is 9.57. The Morgan fingerprint density at radius 2 is 2.23 bits per heavy atom. The van der Waals surface area contributed by atoms with E-state index in [0.717, 1.165) is 31.1 Å². The van der Waals surface area contributed by atoms with E-state index in [-0.39, 0.29) is 0 Å². The average Bonchev–Trinajstić information content (AvgIpc) is 2.21. The van der Waals surface area contributed by atoms with Gasteiger partial charge in [-0.05, 0) is 25.0 Å². The lowest BCUT2D eigenvalue weighted by molar-refractivity contribution is 0.1000. The second-order valence-corrected chi connectivity index (χ2v) is 4.31. The van der Waals surface area contributed by atoms with Crippen LogP contribution in [0.4, 0.5) is 0 Å². The molecule has 1 aromatic heterocycles. The molecular formula is C9H12N2OS. The van der Waals surface area contributed by atoms with Crippen LogP contribution >= 0.6 is 11.8 Å². The van der Waals surface area contributed by atoms with Crippen LogP contribution in [0.5, 0.6) is 0 Å². The predicted octanol–water partition coefficient (Wildman–Crippen LogP) is 1.75. The summed E-state index contributed by atoms with van der Waals surface area (Å²) in [7, 11) is 0. The molecule has 0 saturated carbocycles. The van der Waals surface area contributed by atoms with E-state index in [1.54, 1.807) is 6.20 Å². The summed E-state index contributed by atoms with van der Waals surface area (Å²) < 4.78 is 5.29. The molecule has 0 atom stereocenters. The molecule has 1 aliphatic rings. The first-order chi connectivity index (χ1) is 6.45. The lowest BCUT2D eigenvalue weighted by Gasteiger charge is -2.20. The van der Waals surface area contributed by atoms with Gasteiger partial charge in [-0.15, -0.1) is 16.9 Å². The monoisotopic (exact) mass is 196 g/mol. The van der Waals surface area contributed by atoms with Crippen molar-refractivity contribution in [2.75, 3.05) is 13.2 Å². The normalized spacial score (nSPS) is 18.8. The lowest BCUT2D eigenvalue weighted by Crippen LogP contribution is -2.17. The average molecular weight is 196 g/mol. The van der Waals surface area contributed by atoms with Gasteiger partial charge in [-0.3, -0.25) is 0 Å². The van der Waals surface area contributed by atoms with Crippen molar-refractivity contribution in [2.24, 2.45) is 0 Å². The summed E-state index contributed by atoms with van der Waals surface area (Å²) in [5.41, 5.74) is 0. The van der Waals surface area contributed by atoms with E-state index >= 15 is 0 Å². The van der Waals surface area contributed by atoms with E-state index in [9.17, 15) is 0 Å². The van der Waals surface area contributed by atoms with Gasteiger partial charge in [0.1, 0.15) is 5.03 Å². The number of hydrogen-bond donors (Lipinski definition) is 0. The molecule has 1 saturated heterocycles. The number of hydrogen-bond acceptors (Lipinski definition) is 4. The Morgan fingerprint density at radius 3 is 2.92 bits per heavy atom. The molecule has 0 spiro atoms. The van der Waals surface area contributed by atoms with E-state index in [1.807, 2.05) is 23.9 Å². The summed E-state index contributed by atoms with van der Waals surface area (Å²) in [6.07, 6.45) is 3.95. The van der Waals surface area contributed by atoms with Gasteiger partial charge in [-0.2, -0.15) is 5.10 Å². The largest absolute Gasteiger partial charge is 0.381 e. The van der Waals surface area contributed by atoms with Gasteiger partial charge in [0.25, 0.3) is 0 Å². The fourth-order valence-electron chi connectivity index (χ4n) is 1.31. The maximum atomic E-state index is 5.29. The second-order valence-electron chi connectivity index (χ2n) is 2.99. The molecule has 1 fully saturated rings. The zero-order chi connectivity index (χ0) is 8.93. The molecule has 1 aliphatic heterocycles. The molecule has 0 radical (unpaired) electrons. The first kappa shape index (κ1) is 8.97. The fraction of sp³-hybridized carbons (Fsp3) is 0.556. The van der Waals surface area contributed by atoms with Gasteiger partial charge in [0.2, 0.25) is 0 Å². The molecule has 0 aliphatic carbocycles. The summed E-state index contributed by atoms with van der Waals surface area (Å²) in [4.78, 5) is 0. The third-order valence-corrected chi connectivity index (χ3v) is 3.27. The Labute approximate surface area is 81.9 Å². The van der Waals surface area contributed by atoms with Crippen LogP contribution in [-0.4, -0.2) is 28.7 Å². The van der Waals surface area contributed by atoms with Crippen LogP contribution in [0.25, 0.3) is 0 Å². The highest BCUT2D eigenvalue weighted by atomic mass is 32.2. The van der Waals surface area contributed by atoms with E-state index in [1.165, 1.54) is 0 Å². The molecule has 0 amide bonds. The Bertz CT molecular complexity index is 249. The van der Waals surface area contributed by atoms with Gasteiger partial charge in [0.15, 0.2) is 0 Å². The molecule has 0 aromatic carbocycles. The molecule has 13 heavy (non-hydrogen) atoms. The molecule has 0 unspecified atom stereocenters. The SMILES string of the molecule is c1cnnc(SC2CCOCC2)c1. The standard InChI is InChI=1S/C9H12N2OS/c1-2-9(11-10-5-1)13-8-3-6-12-7-4-8/h1-2,5,8H,3-4,6-7H2. The van der Waals surface area contributed by atoms with Crippen molar-refractivity contribution < 1.29 is 4.74 Å². The smallest absolute Gasteiger partial charge is 0.119 e. The molecule has 0 N–H and O–H groups in total. The van der Waals surface area contributed by atoms with E-state index in [2.05, 4.69) is 10.2 Å². The minimum absolute atomic E-state index is 0.658. The summed E-state index contributed by atoms with van der Waals surface area (Å²) in [5.74, 6) is 0. The number of rotatable bonds is 2. The highest BCUT2D eigenvalue weighted by Gasteiger charge is 2.15. The van der Waals surface area contributed by atoms with Crippen LogP contribution in [-0.2, 0) is 4.74 Å². The molecule has 0 bridgehead atoms. The summed E-state index contributed by atoms with van der Waals surface area (Å²) in [6, 6.07) is 3.93. The van der Waals surface area contributed by atoms with Crippen LogP contribution < -0.4 is 0 Å². The number of nitrogens with zero attached hydrogens (tertiary/aromatic N) is 2. The molecule has 3 nitrogen and oxygen atoms in total. The highest BCUT2D eigenvalue weighted by Crippen LogP contribution is 2.27. The van der Waals surface area contributed by atoms with Gasteiger partial charge in [0.05, 0.1) is 0 Å². The molecule has 4 heteroatoms. The maximum Gasteiger partial charge on any atom is 0.119 e. The van der Waals surface area contributed by atoms with Crippen molar-refractivity contribution >= 4 is 11.8 Å². The van der Waals surface area contributed by atoms with Gasteiger partial charge in [0, 0.05) is 24.7 Å². The van der Waals surface area contributed by atoms with Gasteiger partial charge in [-0.25, -0.2) is 0 Å². The predicted molar refractivity (Wildman–Crippen MR) is 51.7 cm³/mol. The molecule has 2 rings (SSSR count). The Hall–Kier alpha value is -0.610. The minimum Gasteiger partial charge on any atom is -0.381 e.